The number of phenolic OH excluding ortho intramolecular Hbond substituents is 1. The maximum absolute atomic E-state index is 12.8. The number of phenols is 1. The van der Waals surface area contributed by atoms with E-state index in [2.05, 4.69) is 0 Å². The quantitative estimate of drug-likeness (QED) is 0.389. The van der Waals surface area contributed by atoms with Crippen molar-refractivity contribution in [2.75, 3.05) is 12.3 Å². The Bertz CT molecular complexity index is 317. The van der Waals surface area contributed by atoms with Crippen LogP contribution in [0, 0.1) is 5.82 Å². The molecular weight excluding hydrogens is 175 g/mol. The third kappa shape index (κ3) is 1.88. The number of halogens is 1. The monoisotopic (exact) mass is 186 g/mol. The summed E-state index contributed by atoms with van der Waals surface area (Å²) in [6.45, 7) is -0.379. The fourth-order valence-corrected chi connectivity index (χ4v) is 1.02. The first-order valence-electron chi connectivity index (χ1n) is 3.70. The molecule has 0 saturated carbocycles. The van der Waals surface area contributed by atoms with Crippen LogP contribution < -0.4 is 11.5 Å². The molecule has 0 aliphatic carbocycles. The zero-order valence-corrected chi connectivity index (χ0v) is 6.87. The maximum atomic E-state index is 12.8. The molecule has 0 spiro atoms. The van der Waals surface area contributed by atoms with Crippen LogP contribution in [-0.2, 0) is 0 Å². The van der Waals surface area contributed by atoms with Crippen molar-refractivity contribution < 1.29 is 14.6 Å². The number of aromatic hydroxyl groups is 1. The van der Waals surface area contributed by atoms with Crippen LogP contribution in [-0.4, -0.2) is 16.8 Å². The van der Waals surface area contributed by atoms with Crippen molar-refractivity contribution in [3.8, 4) is 5.75 Å². The van der Waals surface area contributed by atoms with E-state index in [0.717, 1.165) is 12.1 Å². The van der Waals surface area contributed by atoms with Gasteiger partial charge in [-0.3, -0.25) is 0 Å². The molecular formula is C8H11FN2O2. The van der Waals surface area contributed by atoms with E-state index < -0.39 is 11.9 Å². The van der Waals surface area contributed by atoms with Gasteiger partial charge < -0.3 is 21.7 Å². The van der Waals surface area contributed by atoms with Crippen LogP contribution in [0.3, 0.4) is 0 Å². The number of anilines is 1. The van der Waals surface area contributed by atoms with E-state index in [0.29, 0.717) is 0 Å². The minimum absolute atomic E-state index is 0.0844. The van der Waals surface area contributed by atoms with Gasteiger partial charge in [-0.15, -0.1) is 0 Å². The molecule has 0 aliphatic heterocycles. The van der Waals surface area contributed by atoms with Gasteiger partial charge in [0.25, 0.3) is 0 Å². The summed E-state index contributed by atoms with van der Waals surface area (Å²) >= 11 is 0. The number of nitrogens with two attached hydrogens (primary N) is 2. The van der Waals surface area contributed by atoms with E-state index in [9.17, 15) is 9.50 Å². The summed E-state index contributed by atoms with van der Waals surface area (Å²) in [4.78, 5) is 0. The van der Waals surface area contributed by atoms with Gasteiger partial charge in [0.2, 0.25) is 0 Å². The Hall–Kier alpha value is -1.33. The summed E-state index contributed by atoms with van der Waals surface area (Å²) in [6.07, 6.45) is 0. The number of rotatable bonds is 2. The number of aliphatic hydroxyl groups is 1. The average molecular weight is 186 g/mol. The molecule has 0 amide bonds. The van der Waals surface area contributed by atoms with E-state index in [1.165, 1.54) is 0 Å². The van der Waals surface area contributed by atoms with Crippen LogP contribution in [0.5, 0.6) is 5.75 Å². The molecule has 0 bridgehead atoms. The normalized spacial score (nSPS) is 12.8. The molecule has 4 nitrogen and oxygen atoms in total. The van der Waals surface area contributed by atoms with Gasteiger partial charge in [-0.1, -0.05) is 0 Å². The second-order valence-corrected chi connectivity index (χ2v) is 2.72. The summed E-state index contributed by atoms with van der Waals surface area (Å²) in [5.41, 5.74) is 10.7. The lowest BCUT2D eigenvalue weighted by Gasteiger charge is -2.12. The van der Waals surface area contributed by atoms with Crippen LogP contribution in [0.15, 0.2) is 12.1 Å². The number of nitrogen functional groups attached to an aromatic ring is 1. The Morgan fingerprint density at radius 2 is 2.08 bits per heavy atom. The lowest BCUT2D eigenvalue weighted by Crippen LogP contribution is -2.15. The Labute approximate surface area is 74.6 Å². The first-order valence-corrected chi connectivity index (χ1v) is 3.70. The van der Waals surface area contributed by atoms with Crippen molar-refractivity contribution in [1.82, 2.24) is 0 Å². The second kappa shape index (κ2) is 3.59. The fraction of sp³-hybridized carbons (Fsp3) is 0.250. The van der Waals surface area contributed by atoms with Crippen molar-refractivity contribution in [3.63, 3.8) is 0 Å². The molecule has 13 heavy (non-hydrogen) atoms. The van der Waals surface area contributed by atoms with E-state index in [-0.39, 0.29) is 23.6 Å². The second-order valence-electron chi connectivity index (χ2n) is 2.72. The molecule has 1 aromatic rings. The van der Waals surface area contributed by atoms with Crippen LogP contribution in [0.25, 0.3) is 0 Å². The molecule has 1 rings (SSSR count). The van der Waals surface area contributed by atoms with Crippen LogP contribution in [0.1, 0.15) is 11.6 Å². The Balaban J connectivity index is 3.20. The van der Waals surface area contributed by atoms with Gasteiger partial charge in [0.05, 0.1) is 18.3 Å². The lowest BCUT2D eigenvalue weighted by molar-refractivity contribution is 0.265. The van der Waals surface area contributed by atoms with Crippen molar-refractivity contribution in [1.29, 1.82) is 0 Å². The molecule has 1 atom stereocenters. The van der Waals surface area contributed by atoms with Gasteiger partial charge >= 0.3 is 0 Å². The van der Waals surface area contributed by atoms with E-state index in [4.69, 9.17) is 16.6 Å². The molecule has 0 aromatic heterocycles. The number of hydrogen-bond acceptors (Lipinski definition) is 4. The molecule has 1 aromatic carbocycles. The summed E-state index contributed by atoms with van der Waals surface area (Å²) in [6, 6.07) is 1.22. The predicted octanol–water partition coefficient (Wildman–Crippen LogP) is 0.106. The highest BCUT2D eigenvalue weighted by Gasteiger charge is 2.13. The molecule has 0 saturated heterocycles. The number of hydrogen-bond donors (Lipinski definition) is 4. The van der Waals surface area contributed by atoms with Crippen LogP contribution in [0.2, 0.25) is 0 Å². The van der Waals surface area contributed by atoms with Crippen molar-refractivity contribution in [2.45, 2.75) is 6.04 Å². The summed E-state index contributed by atoms with van der Waals surface area (Å²) < 4.78 is 12.8. The third-order valence-electron chi connectivity index (χ3n) is 1.73. The minimum atomic E-state index is -0.821. The molecule has 0 fully saturated rings. The van der Waals surface area contributed by atoms with E-state index in [1.807, 2.05) is 0 Å². The van der Waals surface area contributed by atoms with Gasteiger partial charge in [-0.25, -0.2) is 4.39 Å². The zero-order valence-electron chi connectivity index (χ0n) is 6.87. The van der Waals surface area contributed by atoms with E-state index >= 15 is 0 Å². The molecule has 72 valence electrons. The maximum Gasteiger partial charge on any atom is 0.143 e. The van der Waals surface area contributed by atoms with E-state index in [1.54, 1.807) is 0 Å². The number of benzene rings is 1. The Morgan fingerprint density at radius 3 is 2.62 bits per heavy atom. The summed E-state index contributed by atoms with van der Waals surface area (Å²) in [7, 11) is 0. The van der Waals surface area contributed by atoms with Gasteiger partial charge in [0.1, 0.15) is 11.6 Å². The highest BCUT2D eigenvalue weighted by atomic mass is 19.1. The molecule has 0 aliphatic rings. The lowest BCUT2D eigenvalue weighted by atomic mass is 10.1. The summed E-state index contributed by atoms with van der Waals surface area (Å²) in [5.74, 6) is -0.864. The van der Waals surface area contributed by atoms with Crippen LogP contribution >= 0.6 is 0 Å². The van der Waals surface area contributed by atoms with Gasteiger partial charge in [-0.2, -0.15) is 0 Å². The first-order chi connectivity index (χ1) is 6.06. The van der Waals surface area contributed by atoms with Crippen LogP contribution in [0.4, 0.5) is 10.1 Å². The molecule has 0 heterocycles. The minimum Gasteiger partial charge on any atom is -0.505 e. The molecule has 0 unspecified atom stereocenters. The molecule has 0 radical (unpaired) electrons. The van der Waals surface area contributed by atoms with Gasteiger partial charge in [-0.05, 0) is 6.07 Å². The largest absolute Gasteiger partial charge is 0.505 e. The Morgan fingerprint density at radius 1 is 1.46 bits per heavy atom. The number of aliphatic hydroxyl groups excluding tert-OH is 1. The fourth-order valence-electron chi connectivity index (χ4n) is 1.02. The standard InChI is InChI=1S/C8H11FN2O2/c9-4-1-5(7(11)3-12)8(13)6(10)2-4/h1-2,7,12-13H,3,10-11H2/t7-/m0/s1. The third-order valence-corrected chi connectivity index (χ3v) is 1.73. The van der Waals surface area contributed by atoms with Gasteiger partial charge in [0, 0.05) is 11.6 Å². The SMILES string of the molecule is Nc1cc(F)cc([C@@H](N)CO)c1O. The van der Waals surface area contributed by atoms with Crippen molar-refractivity contribution >= 4 is 5.69 Å². The zero-order chi connectivity index (χ0) is 10.0. The average Bonchev–Trinajstić information content (AvgIpc) is 2.10. The van der Waals surface area contributed by atoms with Crippen molar-refractivity contribution in [3.05, 3.63) is 23.5 Å². The van der Waals surface area contributed by atoms with Gasteiger partial charge in [0.15, 0.2) is 0 Å². The smallest absolute Gasteiger partial charge is 0.143 e. The summed E-state index contributed by atoms with van der Waals surface area (Å²) in [5, 5.41) is 18.0. The first kappa shape index (κ1) is 9.76. The Kier molecular flexibility index (Phi) is 2.69. The highest BCUT2D eigenvalue weighted by molar-refractivity contribution is 5.57. The molecule has 5 heteroatoms. The predicted molar refractivity (Wildman–Crippen MR) is 46.5 cm³/mol. The topological polar surface area (TPSA) is 92.5 Å². The van der Waals surface area contributed by atoms with Crippen molar-refractivity contribution in [2.24, 2.45) is 5.73 Å². The highest BCUT2D eigenvalue weighted by Crippen LogP contribution is 2.29. The molecule has 6 N–H and O–H groups in total.